The van der Waals surface area contributed by atoms with Gasteiger partial charge in [0.1, 0.15) is 0 Å². The van der Waals surface area contributed by atoms with Crippen LogP contribution < -0.4 is 0 Å². The quantitative estimate of drug-likeness (QED) is 0.637. The zero-order chi connectivity index (χ0) is 6.85. The van der Waals surface area contributed by atoms with E-state index in [-0.39, 0.29) is 0 Å². The normalized spacial score (nSPS) is 13.7. The van der Waals surface area contributed by atoms with Crippen molar-refractivity contribution in [2.75, 3.05) is 0 Å². The smallest absolute Gasteiger partial charge is 0.0556 e. The second-order valence-corrected chi connectivity index (χ2v) is 4.32. The van der Waals surface area contributed by atoms with Crippen molar-refractivity contribution < 1.29 is 0 Å². The number of halogens is 2. The average molecular weight is 226 g/mol. The summed E-state index contributed by atoms with van der Waals surface area (Å²) in [5, 5.41) is 4.86. The van der Waals surface area contributed by atoms with E-state index >= 15 is 0 Å². The van der Waals surface area contributed by atoms with E-state index in [1.807, 2.05) is 5.38 Å². The van der Waals surface area contributed by atoms with E-state index in [9.17, 15) is 0 Å². The molecule has 1 aromatic heterocycles. The molecule has 0 fully saturated rings. The monoisotopic (exact) mass is 224 g/mol. The lowest BCUT2D eigenvalue weighted by Crippen LogP contribution is -1.77. The van der Waals surface area contributed by atoms with Crippen LogP contribution in [0.4, 0.5) is 0 Å². The Morgan fingerprint density at radius 2 is 2.33 bits per heavy atom. The number of thiophene rings is 1. The highest BCUT2D eigenvalue weighted by atomic mass is 79.9. The van der Waals surface area contributed by atoms with Crippen molar-refractivity contribution in [3.05, 3.63) is 21.3 Å². The minimum Gasteiger partial charge on any atom is -0.151 e. The van der Waals surface area contributed by atoms with Gasteiger partial charge >= 0.3 is 0 Å². The van der Waals surface area contributed by atoms with Crippen LogP contribution in [-0.4, -0.2) is 0 Å². The Bertz CT molecular complexity index is 195. The lowest BCUT2D eigenvalue weighted by Gasteiger charge is -1.97. The molecule has 1 atom stereocenters. The maximum absolute atomic E-state index is 5.82. The van der Waals surface area contributed by atoms with Gasteiger partial charge in [-0.15, -0.1) is 0 Å². The van der Waals surface area contributed by atoms with E-state index in [1.54, 1.807) is 11.3 Å². The maximum Gasteiger partial charge on any atom is 0.0556 e. The summed E-state index contributed by atoms with van der Waals surface area (Å²) in [7, 11) is 0. The third-order valence-electron chi connectivity index (χ3n) is 1.07. The predicted molar refractivity (Wildman–Crippen MR) is 46.7 cm³/mol. The Hall–Kier alpha value is 0.470. The van der Waals surface area contributed by atoms with Crippen LogP contribution in [0.25, 0.3) is 0 Å². The largest absolute Gasteiger partial charge is 0.151 e. The standard InChI is InChI=1S/C6H6BrClS/c1-4(7)5-2-9-3-6(5)8/h2-4H,1H3. The third kappa shape index (κ3) is 1.69. The van der Waals surface area contributed by atoms with Gasteiger partial charge in [0.15, 0.2) is 0 Å². The lowest BCUT2D eigenvalue weighted by molar-refractivity contribution is 1.14. The first-order valence-electron chi connectivity index (χ1n) is 2.57. The number of alkyl halides is 1. The summed E-state index contributed by atoms with van der Waals surface area (Å²) in [6, 6.07) is 0. The molecule has 1 aromatic rings. The third-order valence-corrected chi connectivity index (χ3v) is 2.78. The number of rotatable bonds is 1. The van der Waals surface area contributed by atoms with E-state index in [0.29, 0.717) is 4.83 Å². The second-order valence-electron chi connectivity index (χ2n) is 1.79. The molecule has 9 heavy (non-hydrogen) atoms. The molecule has 0 aliphatic carbocycles. The molecule has 0 radical (unpaired) electrons. The minimum atomic E-state index is 0.372. The average Bonchev–Trinajstić information content (AvgIpc) is 2.13. The van der Waals surface area contributed by atoms with Crippen LogP contribution in [0.15, 0.2) is 10.8 Å². The molecule has 0 spiro atoms. The molecule has 1 heterocycles. The summed E-state index contributed by atoms with van der Waals surface area (Å²) >= 11 is 10.9. The molecule has 0 aliphatic rings. The first kappa shape index (κ1) is 7.58. The molecule has 1 rings (SSSR count). The Morgan fingerprint density at radius 3 is 2.56 bits per heavy atom. The zero-order valence-electron chi connectivity index (χ0n) is 4.90. The maximum atomic E-state index is 5.82. The minimum absolute atomic E-state index is 0.372. The molecule has 0 saturated carbocycles. The molecule has 0 bridgehead atoms. The number of hydrogen-bond acceptors (Lipinski definition) is 1. The van der Waals surface area contributed by atoms with Gasteiger partial charge in [0, 0.05) is 10.2 Å². The van der Waals surface area contributed by atoms with Gasteiger partial charge < -0.3 is 0 Å². The predicted octanol–water partition coefficient (Wildman–Crippen LogP) is 3.86. The van der Waals surface area contributed by atoms with Crippen molar-refractivity contribution in [1.29, 1.82) is 0 Å². The van der Waals surface area contributed by atoms with Crippen LogP contribution >= 0.6 is 38.9 Å². The molecule has 0 nitrogen and oxygen atoms in total. The molecule has 0 saturated heterocycles. The van der Waals surface area contributed by atoms with E-state index < -0.39 is 0 Å². The van der Waals surface area contributed by atoms with Gasteiger partial charge in [-0.2, -0.15) is 11.3 Å². The Kier molecular flexibility index (Phi) is 2.56. The molecule has 0 aromatic carbocycles. The van der Waals surface area contributed by atoms with Crippen LogP contribution in [0.1, 0.15) is 17.3 Å². The van der Waals surface area contributed by atoms with Gasteiger partial charge in [-0.25, -0.2) is 0 Å². The highest BCUT2D eigenvalue weighted by molar-refractivity contribution is 9.09. The van der Waals surface area contributed by atoms with Gasteiger partial charge in [-0.3, -0.25) is 0 Å². The molecule has 0 aliphatic heterocycles. The van der Waals surface area contributed by atoms with E-state index in [1.165, 1.54) is 5.56 Å². The zero-order valence-corrected chi connectivity index (χ0v) is 8.05. The SMILES string of the molecule is CC(Br)c1cscc1Cl. The van der Waals surface area contributed by atoms with Gasteiger partial charge in [0.05, 0.1) is 5.02 Å². The summed E-state index contributed by atoms with van der Waals surface area (Å²) in [4.78, 5) is 0.372. The lowest BCUT2D eigenvalue weighted by atomic mass is 10.3. The summed E-state index contributed by atoms with van der Waals surface area (Å²) in [6.07, 6.45) is 0. The van der Waals surface area contributed by atoms with Gasteiger partial charge in [-0.05, 0) is 17.9 Å². The van der Waals surface area contributed by atoms with Crippen molar-refractivity contribution in [3.63, 3.8) is 0 Å². The number of hydrogen-bond donors (Lipinski definition) is 0. The fraction of sp³-hybridized carbons (Fsp3) is 0.333. The molecule has 50 valence electrons. The highest BCUT2D eigenvalue weighted by Gasteiger charge is 2.05. The van der Waals surface area contributed by atoms with Gasteiger partial charge in [-0.1, -0.05) is 27.5 Å². The molecule has 0 N–H and O–H groups in total. The van der Waals surface area contributed by atoms with E-state index in [2.05, 4.69) is 28.2 Å². The summed E-state index contributed by atoms with van der Waals surface area (Å²) < 4.78 is 0. The van der Waals surface area contributed by atoms with Crippen LogP contribution in [0, 0.1) is 0 Å². The summed E-state index contributed by atoms with van der Waals surface area (Å²) in [6.45, 7) is 2.06. The van der Waals surface area contributed by atoms with Crippen LogP contribution in [0.3, 0.4) is 0 Å². The fourth-order valence-corrected chi connectivity index (χ4v) is 2.50. The first-order valence-corrected chi connectivity index (χ1v) is 4.81. The topological polar surface area (TPSA) is 0 Å². The van der Waals surface area contributed by atoms with Crippen LogP contribution in [-0.2, 0) is 0 Å². The van der Waals surface area contributed by atoms with Crippen molar-refractivity contribution in [2.24, 2.45) is 0 Å². The van der Waals surface area contributed by atoms with Crippen LogP contribution in [0.2, 0.25) is 5.02 Å². The molecular weight excluding hydrogens is 219 g/mol. The van der Waals surface area contributed by atoms with Crippen LogP contribution in [0.5, 0.6) is 0 Å². The van der Waals surface area contributed by atoms with Gasteiger partial charge in [0.2, 0.25) is 0 Å². The summed E-state index contributed by atoms with van der Waals surface area (Å²) in [5.41, 5.74) is 1.18. The van der Waals surface area contributed by atoms with Crippen molar-refractivity contribution in [1.82, 2.24) is 0 Å². The molecule has 3 heteroatoms. The molecule has 1 unspecified atom stereocenters. The summed E-state index contributed by atoms with van der Waals surface area (Å²) in [5.74, 6) is 0. The Morgan fingerprint density at radius 1 is 1.67 bits per heavy atom. The van der Waals surface area contributed by atoms with Crippen molar-refractivity contribution in [2.45, 2.75) is 11.8 Å². The fourth-order valence-electron chi connectivity index (χ4n) is 0.575. The van der Waals surface area contributed by atoms with E-state index in [0.717, 1.165) is 5.02 Å². The van der Waals surface area contributed by atoms with Gasteiger partial charge in [0.25, 0.3) is 0 Å². The Balaban J connectivity index is 2.94. The highest BCUT2D eigenvalue weighted by Crippen LogP contribution is 2.31. The molecule has 0 amide bonds. The Labute approximate surface area is 72.0 Å². The van der Waals surface area contributed by atoms with Crippen molar-refractivity contribution >= 4 is 38.9 Å². The molecular formula is C6H6BrClS. The van der Waals surface area contributed by atoms with Crippen molar-refractivity contribution in [3.8, 4) is 0 Å². The van der Waals surface area contributed by atoms with E-state index in [4.69, 9.17) is 11.6 Å². The first-order chi connectivity index (χ1) is 4.22. The second kappa shape index (κ2) is 3.04.